The third-order valence-corrected chi connectivity index (χ3v) is 4.77. The highest BCUT2D eigenvalue weighted by Gasteiger charge is 2.33. The smallest absolute Gasteiger partial charge is 0.433 e. The number of rotatable bonds is 7. The van der Waals surface area contributed by atoms with Crippen LogP contribution in [-0.2, 0) is 20.6 Å². The van der Waals surface area contributed by atoms with Gasteiger partial charge in [-0.15, -0.1) is 0 Å². The number of carbonyl (C=O) groups is 1. The van der Waals surface area contributed by atoms with E-state index in [0.717, 1.165) is 18.2 Å². The molecule has 0 bridgehead atoms. The molecule has 30 heavy (non-hydrogen) atoms. The van der Waals surface area contributed by atoms with E-state index in [-0.39, 0.29) is 29.5 Å². The SMILES string of the molecule is COC1=CC(=N)/C(=C\NCCS(C)(=N)=O)C=C1NC(=O)c1cccc(C(F)(F)F)n1. The van der Waals surface area contributed by atoms with Crippen LogP contribution in [-0.4, -0.2) is 46.5 Å². The predicted octanol–water partition coefficient (Wildman–Crippen LogP) is 2.43. The molecule has 0 radical (unpaired) electrons. The van der Waals surface area contributed by atoms with Gasteiger partial charge in [-0.3, -0.25) is 13.8 Å². The Kier molecular flexibility index (Phi) is 7.03. The van der Waals surface area contributed by atoms with Gasteiger partial charge < -0.3 is 20.8 Å². The van der Waals surface area contributed by atoms with Gasteiger partial charge in [-0.05, 0) is 18.2 Å². The molecule has 162 valence electrons. The Bertz CT molecular complexity index is 1040. The third-order valence-electron chi connectivity index (χ3n) is 3.79. The van der Waals surface area contributed by atoms with E-state index in [1.807, 2.05) is 0 Å². The molecule has 1 aliphatic carbocycles. The fourth-order valence-electron chi connectivity index (χ4n) is 2.32. The summed E-state index contributed by atoms with van der Waals surface area (Å²) in [5, 5.41) is 13.3. The van der Waals surface area contributed by atoms with Gasteiger partial charge in [-0.2, -0.15) is 13.2 Å². The molecule has 12 heteroatoms. The summed E-state index contributed by atoms with van der Waals surface area (Å²) >= 11 is 0. The lowest BCUT2D eigenvalue weighted by Gasteiger charge is -2.18. The second kappa shape index (κ2) is 9.11. The Balaban J connectivity index is 2.21. The minimum Gasteiger partial charge on any atom is -0.494 e. The number of nitrogens with zero attached hydrogens (tertiary/aromatic N) is 1. The number of amides is 1. The van der Waals surface area contributed by atoms with Crippen LogP contribution in [0.5, 0.6) is 0 Å². The van der Waals surface area contributed by atoms with Gasteiger partial charge in [0.15, 0.2) is 0 Å². The zero-order valence-electron chi connectivity index (χ0n) is 16.1. The van der Waals surface area contributed by atoms with Crippen LogP contribution in [0.15, 0.2) is 53.6 Å². The van der Waals surface area contributed by atoms with Crippen molar-refractivity contribution >= 4 is 21.3 Å². The van der Waals surface area contributed by atoms with Crippen LogP contribution in [0, 0.1) is 10.2 Å². The summed E-state index contributed by atoms with van der Waals surface area (Å²) in [4.78, 5) is 15.7. The van der Waals surface area contributed by atoms with Crippen molar-refractivity contribution in [2.45, 2.75) is 6.18 Å². The van der Waals surface area contributed by atoms with Gasteiger partial charge in [0.05, 0.1) is 18.5 Å². The lowest BCUT2D eigenvalue weighted by Crippen LogP contribution is -2.28. The number of methoxy groups -OCH3 is 1. The molecule has 1 amide bonds. The number of allylic oxidation sites excluding steroid dienone is 3. The maximum Gasteiger partial charge on any atom is 0.433 e. The summed E-state index contributed by atoms with van der Waals surface area (Å²) in [5.41, 5.74) is -1.10. The van der Waals surface area contributed by atoms with E-state index in [4.69, 9.17) is 14.9 Å². The lowest BCUT2D eigenvalue weighted by molar-refractivity contribution is -0.141. The molecule has 2 rings (SSSR count). The predicted molar refractivity (Wildman–Crippen MR) is 105 cm³/mol. The number of halogens is 3. The zero-order valence-corrected chi connectivity index (χ0v) is 16.9. The third kappa shape index (κ3) is 6.44. The monoisotopic (exact) mass is 443 g/mol. The highest BCUT2D eigenvalue weighted by molar-refractivity contribution is 7.91. The topological polar surface area (TPSA) is 128 Å². The summed E-state index contributed by atoms with van der Waals surface area (Å²) in [5.74, 6) is -0.631. The van der Waals surface area contributed by atoms with Crippen molar-refractivity contribution < 1.29 is 26.9 Å². The number of alkyl halides is 3. The molecule has 1 atom stereocenters. The maximum absolute atomic E-state index is 12.8. The first-order valence-electron chi connectivity index (χ1n) is 8.48. The van der Waals surface area contributed by atoms with Crippen LogP contribution in [0.1, 0.15) is 16.2 Å². The van der Waals surface area contributed by atoms with Crippen LogP contribution >= 0.6 is 0 Å². The number of carbonyl (C=O) groups excluding carboxylic acids is 1. The van der Waals surface area contributed by atoms with Crippen molar-refractivity contribution in [1.29, 1.82) is 10.2 Å². The second-order valence-electron chi connectivity index (χ2n) is 6.31. The first kappa shape index (κ1) is 23.1. The summed E-state index contributed by atoms with van der Waals surface area (Å²) in [7, 11) is -1.34. The Morgan fingerprint density at radius 3 is 2.63 bits per heavy atom. The summed E-state index contributed by atoms with van der Waals surface area (Å²) in [6, 6.07) is 2.99. The van der Waals surface area contributed by atoms with Gasteiger partial charge in [-0.1, -0.05) is 6.07 Å². The lowest BCUT2D eigenvalue weighted by atomic mass is 10.0. The van der Waals surface area contributed by atoms with Crippen molar-refractivity contribution in [2.24, 2.45) is 0 Å². The van der Waals surface area contributed by atoms with E-state index < -0.39 is 33.2 Å². The van der Waals surface area contributed by atoms with Crippen LogP contribution in [0.4, 0.5) is 13.2 Å². The first-order valence-corrected chi connectivity index (χ1v) is 10.6. The fraction of sp³-hybridized carbons (Fsp3) is 0.278. The number of ether oxygens (including phenoxy) is 1. The maximum atomic E-state index is 12.8. The molecule has 1 heterocycles. The van der Waals surface area contributed by atoms with E-state index in [2.05, 4.69) is 15.6 Å². The van der Waals surface area contributed by atoms with Gasteiger partial charge in [-0.25, -0.2) is 4.98 Å². The molecule has 1 aliphatic rings. The highest BCUT2D eigenvalue weighted by Crippen LogP contribution is 2.27. The number of nitrogens with one attached hydrogen (secondary N) is 4. The summed E-state index contributed by atoms with van der Waals surface area (Å²) < 4.78 is 62.3. The van der Waals surface area contributed by atoms with Gasteiger partial charge in [0.1, 0.15) is 17.1 Å². The largest absolute Gasteiger partial charge is 0.494 e. The first-order chi connectivity index (χ1) is 13.9. The van der Waals surface area contributed by atoms with E-state index in [9.17, 15) is 22.2 Å². The molecular formula is C18H20F3N5O3S. The van der Waals surface area contributed by atoms with Crippen molar-refractivity contribution in [2.75, 3.05) is 25.7 Å². The number of pyridine rings is 1. The zero-order chi connectivity index (χ0) is 22.5. The fourth-order valence-corrected chi connectivity index (χ4v) is 2.83. The van der Waals surface area contributed by atoms with E-state index in [1.54, 1.807) is 0 Å². The quantitative estimate of drug-likeness (QED) is 0.481. The van der Waals surface area contributed by atoms with Gasteiger partial charge in [0.25, 0.3) is 5.91 Å². The van der Waals surface area contributed by atoms with Crippen LogP contribution in [0.3, 0.4) is 0 Å². The Hall–Kier alpha value is -3.15. The molecule has 0 saturated carbocycles. The molecule has 0 saturated heterocycles. The van der Waals surface area contributed by atoms with Crippen molar-refractivity contribution in [1.82, 2.24) is 15.6 Å². The molecular weight excluding hydrogens is 423 g/mol. The summed E-state index contributed by atoms with van der Waals surface area (Å²) in [6.45, 7) is 0.236. The summed E-state index contributed by atoms with van der Waals surface area (Å²) in [6.07, 6.45) is 0.813. The average Bonchev–Trinajstić information content (AvgIpc) is 2.65. The number of hydrogen-bond acceptors (Lipinski definition) is 7. The van der Waals surface area contributed by atoms with E-state index in [0.29, 0.717) is 5.57 Å². The normalized spacial score (nSPS) is 17.6. The molecule has 0 fully saturated rings. The Morgan fingerprint density at radius 1 is 1.33 bits per heavy atom. The van der Waals surface area contributed by atoms with E-state index >= 15 is 0 Å². The van der Waals surface area contributed by atoms with Gasteiger partial charge >= 0.3 is 6.18 Å². The van der Waals surface area contributed by atoms with Crippen molar-refractivity contribution in [3.05, 3.63) is 65.0 Å². The van der Waals surface area contributed by atoms with Crippen LogP contribution in [0.2, 0.25) is 0 Å². The van der Waals surface area contributed by atoms with Crippen LogP contribution < -0.4 is 10.6 Å². The molecule has 1 unspecified atom stereocenters. The van der Waals surface area contributed by atoms with Crippen molar-refractivity contribution in [3.63, 3.8) is 0 Å². The Labute approximate surface area is 171 Å². The van der Waals surface area contributed by atoms with Gasteiger partial charge in [0, 0.05) is 46.1 Å². The van der Waals surface area contributed by atoms with Gasteiger partial charge in [0.2, 0.25) is 0 Å². The molecule has 4 N–H and O–H groups in total. The van der Waals surface area contributed by atoms with Crippen molar-refractivity contribution in [3.8, 4) is 0 Å². The molecule has 0 aromatic carbocycles. The second-order valence-corrected chi connectivity index (χ2v) is 8.73. The minimum atomic E-state index is -4.68. The molecule has 8 nitrogen and oxygen atoms in total. The number of aromatic nitrogens is 1. The van der Waals surface area contributed by atoms with E-state index in [1.165, 1.54) is 31.7 Å². The average molecular weight is 443 g/mol. The minimum absolute atomic E-state index is 0.0534. The molecule has 1 aromatic heterocycles. The van der Waals surface area contributed by atoms with Crippen LogP contribution in [0.25, 0.3) is 0 Å². The standard InChI is InChI=1S/C18H20F3N5O3S/c1-29-15-9-12(22)11(10-24-6-7-30(2,23)28)8-14(15)26-17(27)13-4-3-5-16(25-13)18(19,20)21/h3-5,8-10,22-24H,6-7H2,1-2H3,(H,26,27)/b11-10-,22-12?. The highest BCUT2D eigenvalue weighted by atomic mass is 32.2. The Morgan fingerprint density at radius 2 is 2.03 bits per heavy atom. The molecule has 1 aromatic rings. The molecule has 0 aliphatic heterocycles. The molecule has 0 spiro atoms. The number of hydrogen-bond donors (Lipinski definition) is 4.